The smallest absolute Gasteiger partial charge is 0.335 e. The van der Waals surface area contributed by atoms with Crippen molar-refractivity contribution in [3.05, 3.63) is 64.0 Å². The third-order valence-corrected chi connectivity index (χ3v) is 5.90. The molecule has 1 aromatic heterocycles. The molecule has 0 atom stereocenters. The van der Waals surface area contributed by atoms with E-state index in [0.717, 1.165) is 14.3 Å². The SMILES string of the molecule is O=C(O)c1cccc(N=Nc2ccc(-c3cc(=S)ss3)cc2)c1. The van der Waals surface area contributed by atoms with E-state index in [1.807, 2.05) is 30.3 Å². The lowest BCUT2D eigenvalue weighted by molar-refractivity contribution is 0.0697. The average Bonchev–Trinajstić information content (AvgIpc) is 3.00. The number of hydrogen-bond donors (Lipinski definition) is 1. The molecule has 0 fully saturated rings. The van der Waals surface area contributed by atoms with Gasteiger partial charge in [0.15, 0.2) is 0 Å². The maximum absolute atomic E-state index is 10.9. The number of nitrogens with zero attached hydrogens (tertiary/aromatic N) is 2. The van der Waals surface area contributed by atoms with Crippen molar-refractivity contribution in [1.82, 2.24) is 0 Å². The molecule has 114 valence electrons. The molecule has 7 heteroatoms. The summed E-state index contributed by atoms with van der Waals surface area (Å²) < 4.78 is 0.882. The fourth-order valence-corrected chi connectivity index (χ4v) is 4.28. The van der Waals surface area contributed by atoms with E-state index in [9.17, 15) is 4.79 Å². The third-order valence-electron chi connectivity index (χ3n) is 2.99. The molecule has 0 amide bonds. The van der Waals surface area contributed by atoms with Crippen molar-refractivity contribution in [2.75, 3.05) is 0 Å². The highest BCUT2D eigenvalue weighted by molar-refractivity contribution is 7.80. The third kappa shape index (κ3) is 3.95. The Morgan fingerprint density at radius 3 is 2.35 bits per heavy atom. The summed E-state index contributed by atoms with van der Waals surface area (Å²) in [6.45, 7) is 0. The first kappa shape index (κ1) is 15.7. The van der Waals surface area contributed by atoms with Gasteiger partial charge in [-0.3, -0.25) is 0 Å². The first-order valence-electron chi connectivity index (χ1n) is 6.57. The number of benzene rings is 2. The summed E-state index contributed by atoms with van der Waals surface area (Å²) in [5, 5.41) is 17.2. The Bertz CT molecular complexity index is 927. The van der Waals surface area contributed by atoms with E-state index in [-0.39, 0.29) is 5.56 Å². The van der Waals surface area contributed by atoms with Crippen LogP contribution in [0.3, 0.4) is 0 Å². The van der Waals surface area contributed by atoms with Crippen LogP contribution >= 0.6 is 32.9 Å². The molecule has 0 aliphatic heterocycles. The molecule has 23 heavy (non-hydrogen) atoms. The second-order valence-electron chi connectivity index (χ2n) is 4.60. The fraction of sp³-hybridized carbons (Fsp3) is 0. The van der Waals surface area contributed by atoms with Crippen molar-refractivity contribution in [3.8, 4) is 10.4 Å². The van der Waals surface area contributed by atoms with Crippen LogP contribution in [0, 0.1) is 3.82 Å². The molecule has 0 spiro atoms. The van der Waals surface area contributed by atoms with Gasteiger partial charge < -0.3 is 5.11 Å². The lowest BCUT2D eigenvalue weighted by Gasteiger charge is -1.98. The molecule has 0 aliphatic rings. The minimum atomic E-state index is -0.982. The molecule has 0 unspecified atom stereocenters. The summed E-state index contributed by atoms with van der Waals surface area (Å²) in [6.07, 6.45) is 0. The summed E-state index contributed by atoms with van der Waals surface area (Å²) >= 11 is 5.14. The van der Waals surface area contributed by atoms with E-state index >= 15 is 0 Å². The van der Waals surface area contributed by atoms with Crippen LogP contribution in [0.15, 0.2) is 64.8 Å². The molecule has 0 saturated heterocycles. The molecule has 2 aromatic carbocycles. The second kappa shape index (κ2) is 6.91. The fourth-order valence-electron chi connectivity index (χ4n) is 1.88. The van der Waals surface area contributed by atoms with Crippen LogP contribution in [-0.4, -0.2) is 11.1 Å². The molecule has 0 saturated carbocycles. The maximum atomic E-state index is 10.9. The molecular formula is C16H10N2O2S3. The Labute approximate surface area is 144 Å². The summed E-state index contributed by atoms with van der Waals surface area (Å²) in [4.78, 5) is 12.1. The number of carbonyl (C=O) groups is 1. The summed E-state index contributed by atoms with van der Waals surface area (Å²) in [5.41, 5.74) is 2.49. The van der Waals surface area contributed by atoms with Gasteiger partial charge in [-0.15, -0.1) is 0 Å². The van der Waals surface area contributed by atoms with Crippen LogP contribution in [0.25, 0.3) is 10.4 Å². The lowest BCUT2D eigenvalue weighted by atomic mass is 10.2. The van der Waals surface area contributed by atoms with E-state index < -0.39 is 5.97 Å². The van der Waals surface area contributed by atoms with Crippen LogP contribution in [0.4, 0.5) is 11.4 Å². The van der Waals surface area contributed by atoms with Gasteiger partial charge in [-0.1, -0.05) is 51.1 Å². The Morgan fingerprint density at radius 2 is 1.70 bits per heavy atom. The van der Waals surface area contributed by atoms with E-state index in [4.69, 9.17) is 17.3 Å². The Morgan fingerprint density at radius 1 is 0.957 bits per heavy atom. The molecule has 0 aliphatic carbocycles. The Hall–Kier alpha value is -2.22. The number of aromatic carboxylic acids is 1. The van der Waals surface area contributed by atoms with Gasteiger partial charge in [-0.25, -0.2) is 4.79 Å². The van der Waals surface area contributed by atoms with E-state index in [1.165, 1.54) is 12.1 Å². The van der Waals surface area contributed by atoms with Gasteiger partial charge >= 0.3 is 5.97 Å². The highest BCUT2D eigenvalue weighted by Crippen LogP contribution is 2.30. The van der Waals surface area contributed by atoms with Gasteiger partial charge in [0, 0.05) is 4.88 Å². The molecule has 0 bridgehead atoms. The van der Waals surface area contributed by atoms with Gasteiger partial charge in [-0.05, 0) is 42.0 Å². The van der Waals surface area contributed by atoms with Gasteiger partial charge in [0.2, 0.25) is 0 Å². The van der Waals surface area contributed by atoms with Gasteiger partial charge in [0.25, 0.3) is 0 Å². The van der Waals surface area contributed by atoms with Crippen molar-refractivity contribution < 1.29 is 9.90 Å². The van der Waals surface area contributed by atoms with E-state index in [1.54, 1.807) is 32.8 Å². The molecule has 3 rings (SSSR count). The highest BCUT2D eigenvalue weighted by atomic mass is 32.9. The second-order valence-corrected chi connectivity index (χ2v) is 7.51. The first-order valence-corrected chi connectivity index (χ1v) is 9.13. The Balaban J connectivity index is 1.79. The molecule has 1 heterocycles. The van der Waals surface area contributed by atoms with Crippen LogP contribution < -0.4 is 0 Å². The maximum Gasteiger partial charge on any atom is 0.335 e. The minimum Gasteiger partial charge on any atom is -0.478 e. The van der Waals surface area contributed by atoms with Crippen molar-refractivity contribution >= 4 is 50.2 Å². The zero-order chi connectivity index (χ0) is 16.2. The largest absolute Gasteiger partial charge is 0.478 e. The molecule has 4 nitrogen and oxygen atoms in total. The van der Waals surface area contributed by atoms with Crippen LogP contribution in [0.1, 0.15) is 10.4 Å². The molecule has 0 radical (unpaired) electrons. The normalized spacial score (nSPS) is 11.0. The number of rotatable bonds is 4. The number of hydrogen-bond acceptors (Lipinski definition) is 6. The van der Waals surface area contributed by atoms with Gasteiger partial charge in [-0.2, -0.15) is 10.2 Å². The zero-order valence-corrected chi connectivity index (χ0v) is 14.1. The number of carboxylic acids is 1. The van der Waals surface area contributed by atoms with Crippen LogP contribution in [-0.2, 0) is 0 Å². The predicted octanol–water partition coefficient (Wildman–Crippen LogP) is 6.32. The quantitative estimate of drug-likeness (QED) is 0.337. The van der Waals surface area contributed by atoms with Crippen molar-refractivity contribution in [3.63, 3.8) is 0 Å². The minimum absolute atomic E-state index is 0.190. The molecule has 1 N–H and O–H groups in total. The number of carboxylic acid groups (broad SMARTS) is 1. The first-order chi connectivity index (χ1) is 11.1. The highest BCUT2D eigenvalue weighted by Gasteiger charge is 2.03. The van der Waals surface area contributed by atoms with E-state index in [2.05, 4.69) is 10.2 Å². The zero-order valence-electron chi connectivity index (χ0n) is 11.7. The summed E-state index contributed by atoms with van der Waals surface area (Å²) in [5.74, 6) is -0.982. The topological polar surface area (TPSA) is 62.0 Å². The van der Waals surface area contributed by atoms with E-state index in [0.29, 0.717) is 11.4 Å². The Kier molecular flexibility index (Phi) is 4.71. The van der Waals surface area contributed by atoms with Gasteiger partial charge in [0.05, 0.1) is 16.9 Å². The van der Waals surface area contributed by atoms with Crippen LogP contribution in [0.5, 0.6) is 0 Å². The van der Waals surface area contributed by atoms with Crippen molar-refractivity contribution in [2.45, 2.75) is 0 Å². The number of azo groups is 1. The van der Waals surface area contributed by atoms with Crippen molar-refractivity contribution in [2.24, 2.45) is 10.2 Å². The summed E-state index contributed by atoms with van der Waals surface area (Å²) in [7, 11) is 3.23. The molecule has 3 aromatic rings. The molecular weight excluding hydrogens is 348 g/mol. The van der Waals surface area contributed by atoms with Gasteiger partial charge in [0.1, 0.15) is 3.82 Å². The monoisotopic (exact) mass is 358 g/mol. The lowest BCUT2D eigenvalue weighted by Crippen LogP contribution is -1.94. The van der Waals surface area contributed by atoms with Crippen LogP contribution in [0.2, 0.25) is 0 Å². The standard InChI is InChI=1S/C16H10N2O2S3/c19-16(20)11-2-1-3-13(8-11)18-17-12-6-4-10(5-7-12)14-9-15(21)23-22-14/h1-9H,(H,19,20). The average molecular weight is 358 g/mol. The summed E-state index contributed by atoms with van der Waals surface area (Å²) in [6, 6.07) is 16.0. The van der Waals surface area contributed by atoms with Crippen molar-refractivity contribution in [1.29, 1.82) is 0 Å². The predicted molar refractivity (Wildman–Crippen MR) is 96.0 cm³/mol.